The van der Waals surface area contributed by atoms with E-state index in [-0.39, 0.29) is 0 Å². The normalized spacial score (nSPS) is 16.1. The van der Waals surface area contributed by atoms with E-state index in [1.54, 1.807) is 66.8 Å². The minimum absolute atomic E-state index is 0.466. The molecule has 4 aliphatic rings. The Hall–Kier alpha value is -8.08. The predicted molar refractivity (Wildman–Crippen MR) is 434 cm³/mol. The lowest BCUT2D eigenvalue weighted by Crippen LogP contribution is -2.21. The lowest BCUT2D eigenvalue weighted by atomic mass is 9.66. The first-order valence-electron chi connectivity index (χ1n) is 41.0. The van der Waals surface area contributed by atoms with E-state index in [1.807, 2.05) is 0 Å². The van der Waals surface area contributed by atoms with Crippen molar-refractivity contribution in [2.45, 2.75) is 271 Å². The van der Waals surface area contributed by atoms with Gasteiger partial charge in [-0.25, -0.2) is 0 Å². The van der Waals surface area contributed by atoms with Crippen LogP contribution < -0.4 is 4.90 Å². The highest BCUT2D eigenvalue weighted by atomic mass is 16.4. The third kappa shape index (κ3) is 16.1. The average molecular weight is 1350 g/mol. The zero-order valence-electron chi connectivity index (χ0n) is 62.9. The lowest BCUT2D eigenvalue weighted by molar-refractivity contribution is 0.521. The smallest absolute Gasteiger partial charge is 0.248 e. The van der Waals surface area contributed by atoms with Gasteiger partial charge in [0.05, 0.1) is 0 Å². The van der Waals surface area contributed by atoms with Crippen LogP contribution in [0, 0.1) is 13.8 Å². The average Bonchev–Trinajstić information content (AvgIpc) is 0.817. The fourth-order valence-electron chi connectivity index (χ4n) is 18.5. The van der Waals surface area contributed by atoms with E-state index < -0.39 is 0 Å². The minimum Gasteiger partial charge on any atom is -0.416 e. The molecule has 4 aliphatic carbocycles. The summed E-state index contributed by atoms with van der Waals surface area (Å²) < 4.78 is 6.63. The number of anilines is 3. The molecule has 0 N–H and O–H groups in total. The van der Waals surface area contributed by atoms with Crippen LogP contribution >= 0.6 is 0 Å². The lowest BCUT2D eigenvalue weighted by Gasteiger charge is -2.38. The first-order valence-corrected chi connectivity index (χ1v) is 41.0. The van der Waals surface area contributed by atoms with E-state index in [0.29, 0.717) is 35.5 Å². The third-order valence-corrected chi connectivity index (χ3v) is 24.0. The summed E-state index contributed by atoms with van der Waals surface area (Å²) in [5.74, 6) is 3.19. The molecule has 10 aromatic rings. The first-order chi connectivity index (χ1) is 50.2. The van der Waals surface area contributed by atoms with Crippen LogP contribution in [0.15, 0.2) is 180 Å². The Kier molecular flexibility index (Phi) is 23.7. The fraction of sp³-hybridized carbons (Fsp3) is 0.429. The largest absolute Gasteiger partial charge is 0.416 e. The van der Waals surface area contributed by atoms with E-state index in [0.717, 1.165) is 36.8 Å². The van der Waals surface area contributed by atoms with Crippen molar-refractivity contribution in [3.8, 4) is 78.5 Å². The molecule has 4 atom stereocenters. The van der Waals surface area contributed by atoms with Gasteiger partial charge in [0.2, 0.25) is 11.8 Å². The Labute approximate surface area is 613 Å². The summed E-state index contributed by atoms with van der Waals surface area (Å²) in [4.78, 5) is 2.39. The molecule has 528 valence electrons. The molecule has 1 aromatic heterocycles. The minimum atomic E-state index is 0.466. The van der Waals surface area contributed by atoms with Crippen LogP contribution in [0.3, 0.4) is 0 Å². The van der Waals surface area contributed by atoms with Crippen molar-refractivity contribution in [2.24, 2.45) is 0 Å². The summed E-state index contributed by atoms with van der Waals surface area (Å²) >= 11 is 0. The van der Waals surface area contributed by atoms with Gasteiger partial charge >= 0.3 is 0 Å². The molecule has 0 bridgehead atoms. The Morgan fingerprint density at radius 3 is 0.941 bits per heavy atom. The third-order valence-electron chi connectivity index (χ3n) is 24.0. The second-order valence-electron chi connectivity index (χ2n) is 31.6. The van der Waals surface area contributed by atoms with Gasteiger partial charge in [-0.2, -0.15) is 0 Å². The summed E-state index contributed by atoms with van der Waals surface area (Å²) in [5, 5.41) is 9.43. The van der Waals surface area contributed by atoms with Crippen molar-refractivity contribution in [1.29, 1.82) is 0 Å². The predicted octanol–water partition coefficient (Wildman–Crippen LogP) is 29.4. The summed E-state index contributed by atoms with van der Waals surface area (Å²) in [6.45, 7) is 13.8. The molecule has 0 spiro atoms. The maximum atomic E-state index is 6.63. The van der Waals surface area contributed by atoms with Crippen molar-refractivity contribution in [3.05, 3.63) is 232 Å². The van der Waals surface area contributed by atoms with Gasteiger partial charge in [-0.3, -0.25) is 0 Å². The van der Waals surface area contributed by atoms with E-state index in [1.165, 1.54) is 241 Å². The molecule has 4 heteroatoms. The van der Waals surface area contributed by atoms with Crippen LogP contribution in [0.5, 0.6) is 0 Å². The van der Waals surface area contributed by atoms with Gasteiger partial charge in [-0.1, -0.05) is 308 Å². The maximum absolute atomic E-state index is 6.63. The molecule has 102 heavy (non-hydrogen) atoms. The molecule has 0 fully saturated rings. The highest BCUT2D eigenvalue weighted by Gasteiger charge is 2.38. The molecule has 4 nitrogen and oxygen atoms in total. The molecule has 4 unspecified atom stereocenters. The Bertz CT molecular complexity index is 4380. The van der Waals surface area contributed by atoms with Gasteiger partial charge in [0.1, 0.15) is 0 Å². The van der Waals surface area contributed by atoms with E-state index in [4.69, 9.17) is 14.6 Å². The van der Waals surface area contributed by atoms with Crippen molar-refractivity contribution in [3.63, 3.8) is 0 Å². The number of aryl methyl sites for hydroxylation is 2. The van der Waals surface area contributed by atoms with Gasteiger partial charge in [0.25, 0.3) is 0 Å². The van der Waals surface area contributed by atoms with Crippen molar-refractivity contribution in [1.82, 2.24) is 10.2 Å². The second-order valence-corrected chi connectivity index (χ2v) is 31.6. The van der Waals surface area contributed by atoms with Crippen LogP contribution in [-0.2, 0) is 25.7 Å². The van der Waals surface area contributed by atoms with Crippen molar-refractivity contribution < 1.29 is 4.42 Å². The molecule has 0 radical (unpaired) electrons. The van der Waals surface area contributed by atoms with Crippen molar-refractivity contribution >= 4 is 17.1 Å². The molecule has 0 saturated heterocycles. The molecule has 0 saturated carbocycles. The number of nitrogens with zero attached hydrogens (tertiary/aromatic N) is 3. The van der Waals surface area contributed by atoms with Gasteiger partial charge in [-0.05, 0) is 250 Å². The SMILES string of the molecule is CCCCCCCCC1Cc2cc(-c3ccc(-c4nnc(-c5ccc(-c6cc7c8c(c6)C(CCCCCCCC)Cc6cc(-c9ccc(N(c%10ccccc%10)c%10ccc(C)cc%10)cc9)cc(c6-8)C(CCCCCCCC)C7)cc5)o4)cc3)cc3c2-c2c(cc(C)cc21)CC3CCCCCCCC. The molecule has 9 aromatic carbocycles. The van der Waals surface area contributed by atoms with Gasteiger partial charge in [0.15, 0.2) is 0 Å². The van der Waals surface area contributed by atoms with E-state index >= 15 is 0 Å². The quantitative estimate of drug-likeness (QED) is 0.0367. The fourth-order valence-corrected chi connectivity index (χ4v) is 18.5. The summed E-state index contributed by atoms with van der Waals surface area (Å²) in [5.41, 5.74) is 35.0. The zero-order valence-corrected chi connectivity index (χ0v) is 62.9. The van der Waals surface area contributed by atoms with Crippen LogP contribution in [0.4, 0.5) is 17.1 Å². The number of hydrogen-bond donors (Lipinski definition) is 0. The first kappa shape index (κ1) is 70.9. The van der Waals surface area contributed by atoms with Gasteiger partial charge in [-0.15, -0.1) is 10.2 Å². The van der Waals surface area contributed by atoms with Crippen LogP contribution in [0.1, 0.15) is 287 Å². The van der Waals surface area contributed by atoms with E-state index in [2.05, 4.69) is 222 Å². The molecule has 1 heterocycles. The highest BCUT2D eigenvalue weighted by Crippen LogP contribution is 2.56. The molecule has 14 rings (SSSR count). The number of para-hydroxylation sites is 1. The van der Waals surface area contributed by atoms with E-state index in [9.17, 15) is 0 Å². The summed E-state index contributed by atoms with van der Waals surface area (Å²) in [6, 6.07) is 68.0. The summed E-state index contributed by atoms with van der Waals surface area (Å²) in [6.07, 6.45) is 41.3. The molecule has 0 amide bonds. The van der Waals surface area contributed by atoms with Gasteiger partial charge in [0, 0.05) is 28.2 Å². The number of hydrogen-bond acceptors (Lipinski definition) is 4. The van der Waals surface area contributed by atoms with Crippen LogP contribution in [0.25, 0.3) is 78.5 Å². The zero-order chi connectivity index (χ0) is 69.7. The Morgan fingerprint density at radius 2 is 0.578 bits per heavy atom. The van der Waals surface area contributed by atoms with Gasteiger partial charge < -0.3 is 9.32 Å². The maximum Gasteiger partial charge on any atom is 0.248 e. The number of unbranched alkanes of at least 4 members (excludes halogenated alkanes) is 20. The second kappa shape index (κ2) is 34.0. The number of aromatic nitrogens is 2. The number of benzene rings is 9. The van der Waals surface area contributed by atoms with Crippen LogP contribution in [0.2, 0.25) is 0 Å². The Morgan fingerprint density at radius 1 is 0.284 bits per heavy atom. The topological polar surface area (TPSA) is 42.2 Å². The Balaban J connectivity index is 0.738. The molecular formula is C98H115N3O. The highest BCUT2D eigenvalue weighted by molar-refractivity contribution is 5.89. The monoisotopic (exact) mass is 1350 g/mol. The standard InChI is InChI=1S/C98H115N3O/c1-7-11-15-19-23-28-34-75-59-83-62-79(65-90-76(35-29-24-20-16-12-8-2)58-82-56-69(6)57-89(75)93(82)94(83)90)70-42-46-73(47-43-70)97-99-100-98(102-97)74-48-44-71(45-49-74)80-63-84-60-78(37-31-26-22-18-14-10-4)92-67-81(64-85-61-77(36-30-25-21-17-13-9-3)91(66-80)95(84)96(85)92)72-50-54-88(55-51-72)101(86-38-32-27-33-39-86)87-52-40-68(5)41-53-87/h27,32-33,38-57,62-67,75-78H,7-26,28-31,34-37,58-61H2,1-6H3. The number of rotatable bonds is 36. The van der Waals surface area contributed by atoms with Crippen LogP contribution in [-0.4, -0.2) is 10.2 Å². The molecular weight excluding hydrogens is 1240 g/mol. The van der Waals surface area contributed by atoms with Crippen molar-refractivity contribution in [2.75, 3.05) is 4.90 Å². The molecule has 0 aliphatic heterocycles. The summed E-state index contributed by atoms with van der Waals surface area (Å²) in [7, 11) is 0.